The van der Waals surface area contributed by atoms with Crippen molar-refractivity contribution in [1.82, 2.24) is 9.97 Å². The molecule has 2 rings (SSSR count). The Kier molecular flexibility index (Phi) is 3.10. The van der Waals surface area contributed by atoms with Crippen LogP contribution in [0.5, 0.6) is 0 Å². The van der Waals surface area contributed by atoms with E-state index in [9.17, 15) is 5.11 Å². The molecule has 0 fully saturated rings. The van der Waals surface area contributed by atoms with Gasteiger partial charge in [-0.15, -0.1) is 0 Å². The second-order valence-electron chi connectivity index (χ2n) is 4.19. The van der Waals surface area contributed by atoms with E-state index in [-0.39, 0.29) is 6.54 Å². The maximum absolute atomic E-state index is 10.2. The molecule has 90 valence electrons. The Labute approximate surface area is 99.5 Å². The van der Waals surface area contributed by atoms with Crippen molar-refractivity contribution in [3.63, 3.8) is 0 Å². The third-order valence-electron chi connectivity index (χ3n) is 2.42. The molecule has 5 heteroatoms. The molecule has 0 aliphatic carbocycles. The van der Waals surface area contributed by atoms with Gasteiger partial charge in [-0.05, 0) is 31.5 Å². The minimum Gasteiger partial charge on any atom is -0.466 e. The average Bonchev–Trinajstić information content (AvgIpc) is 2.82. The molecule has 2 heterocycles. The van der Waals surface area contributed by atoms with Gasteiger partial charge in [0.25, 0.3) is 0 Å². The van der Waals surface area contributed by atoms with Gasteiger partial charge in [0.05, 0.1) is 12.8 Å². The number of nitrogens with zero attached hydrogens (tertiary/aromatic N) is 2. The predicted octanol–water partition coefficient (Wildman–Crippen LogP) is 1.70. The minimum atomic E-state index is -1.09. The van der Waals surface area contributed by atoms with Crippen LogP contribution in [0.15, 0.2) is 35.2 Å². The summed E-state index contributed by atoms with van der Waals surface area (Å²) in [4.78, 5) is 8.20. The molecule has 17 heavy (non-hydrogen) atoms. The van der Waals surface area contributed by atoms with Crippen LogP contribution in [0.4, 0.5) is 5.95 Å². The van der Waals surface area contributed by atoms with Gasteiger partial charge in [0.1, 0.15) is 11.4 Å². The highest BCUT2D eigenvalue weighted by molar-refractivity contribution is 5.26. The van der Waals surface area contributed by atoms with Gasteiger partial charge in [-0.3, -0.25) is 0 Å². The number of aromatic nitrogens is 2. The Balaban J connectivity index is 2.00. The topological polar surface area (TPSA) is 71.2 Å². The molecule has 0 spiro atoms. The van der Waals surface area contributed by atoms with Crippen molar-refractivity contribution in [2.45, 2.75) is 19.4 Å². The van der Waals surface area contributed by atoms with Crippen LogP contribution in [0.3, 0.4) is 0 Å². The molecule has 0 saturated carbocycles. The van der Waals surface area contributed by atoms with E-state index in [0.29, 0.717) is 11.7 Å². The van der Waals surface area contributed by atoms with Crippen molar-refractivity contribution < 1.29 is 9.52 Å². The summed E-state index contributed by atoms with van der Waals surface area (Å²) in [5.41, 5.74) is -0.0917. The van der Waals surface area contributed by atoms with Gasteiger partial charge in [0.15, 0.2) is 0 Å². The summed E-state index contributed by atoms with van der Waals surface area (Å²) in [6.45, 7) is 3.87. The molecule has 0 aliphatic rings. The van der Waals surface area contributed by atoms with E-state index in [1.807, 2.05) is 6.92 Å². The first-order valence-corrected chi connectivity index (χ1v) is 5.37. The van der Waals surface area contributed by atoms with Crippen LogP contribution in [0.1, 0.15) is 18.2 Å². The van der Waals surface area contributed by atoms with Crippen molar-refractivity contribution in [1.29, 1.82) is 0 Å². The molecule has 0 amide bonds. The zero-order valence-corrected chi connectivity index (χ0v) is 9.84. The molecular weight excluding hydrogens is 218 g/mol. The summed E-state index contributed by atoms with van der Waals surface area (Å²) >= 11 is 0. The van der Waals surface area contributed by atoms with Gasteiger partial charge in [-0.25, -0.2) is 9.97 Å². The van der Waals surface area contributed by atoms with Crippen LogP contribution in [-0.4, -0.2) is 21.6 Å². The first-order chi connectivity index (χ1) is 8.08. The maximum atomic E-state index is 10.2. The number of hydrogen-bond donors (Lipinski definition) is 2. The Morgan fingerprint density at radius 3 is 2.71 bits per heavy atom. The molecule has 0 aliphatic heterocycles. The van der Waals surface area contributed by atoms with Crippen LogP contribution in [-0.2, 0) is 5.60 Å². The van der Waals surface area contributed by atoms with Gasteiger partial charge in [0, 0.05) is 12.4 Å². The second-order valence-corrected chi connectivity index (χ2v) is 4.19. The fourth-order valence-corrected chi connectivity index (χ4v) is 1.41. The largest absolute Gasteiger partial charge is 0.466 e. The number of anilines is 1. The summed E-state index contributed by atoms with van der Waals surface area (Å²) < 4.78 is 5.18. The van der Waals surface area contributed by atoms with Crippen LogP contribution < -0.4 is 5.32 Å². The third-order valence-corrected chi connectivity index (χ3v) is 2.42. The van der Waals surface area contributed by atoms with E-state index in [2.05, 4.69) is 15.3 Å². The van der Waals surface area contributed by atoms with Gasteiger partial charge in [0.2, 0.25) is 5.95 Å². The van der Waals surface area contributed by atoms with Gasteiger partial charge >= 0.3 is 0 Å². The number of nitrogens with one attached hydrogen (secondary N) is 1. The normalized spacial score (nSPS) is 14.3. The second kappa shape index (κ2) is 4.55. The van der Waals surface area contributed by atoms with Gasteiger partial charge < -0.3 is 14.8 Å². The lowest BCUT2D eigenvalue weighted by Gasteiger charge is -2.20. The van der Waals surface area contributed by atoms with Crippen molar-refractivity contribution in [2.24, 2.45) is 0 Å². The van der Waals surface area contributed by atoms with Crippen LogP contribution in [0.25, 0.3) is 0 Å². The Hall–Kier alpha value is -1.88. The number of aryl methyl sites for hydroxylation is 1. The Morgan fingerprint density at radius 1 is 1.41 bits per heavy atom. The number of hydrogen-bond acceptors (Lipinski definition) is 5. The molecule has 2 N–H and O–H groups in total. The molecular formula is C12H15N3O2. The lowest BCUT2D eigenvalue weighted by molar-refractivity contribution is 0.0475. The van der Waals surface area contributed by atoms with E-state index in [0.717, 1.165) is 5.56 Å². The molecule has 0 radical (unpaired) electrons. The van der Waals surface area contributed by atoms with Gasteiger partial charge in [-0.1, -0.05) is 0 Å². The lowest BCUT2D eigenvalue weighted by Crippen LogP contribution is -2.30. The Morgan fingerprint density at radius 2 is 2.12 bits per heavy atom. The van der Waals surface area contributed by atoms with Crippen molar-refractivity contribution in [3.8, 4) is 0 Å². The quantitative estimate of drug-likeness (QED) is 0.841. The fourth-order valence-electron chi connectivity index (χ4n) is 1.41. The molecule has 1 atom stereocenters. The van der Waals surface area contributed by atoms with Crippen LogP contribution >= 0.6 is 0 Å². The lowest BCUT2D eigenvalue weighted by atomic mass is 10.0. The molecule has 0 aromatic carbocycles. The van der Waals surface area contributed by atoms with Crippen molar-refractivity contribution in [2.75, 3.05) is 11.9 Å². The zero-order valence-electron chi connectivity index (χ0n) is 9.84. The van der Waals surface area contributed by atoms with E-state index < -0.39 is 5.60 Å². The third kappa shape index (κ3) is 2.82. The molecule has 1 unspecified atom stereocenters. The highest BCUT2D eigenvalue weighted by Gasteiger charge is 2.26. The SMILES string of the molecule is Cc1cnc(NCC(C)(O)c2ccco2)nc1. The molecule has 5 nitrogen and oxygen atoms in total. The van der Waals surface area contributed by atoms with Crippen LogP contribution in [0, 0.1) is 6.92 Å². The summed E-state index contributed by atoms with van der Waals surface area (Å²) in [6.07, 6.45) is 4.97. The maximum Gasteiger partial charge on any atom is 0.222 e. The molecule has 2 aromatic rings. The van der Waals surface area contributed by atoms with E-state index in [4.69, 9.17) is 4.42 Å². The fraction of sp³-hybridized carbons (Fsp3) is 0.333. The van der Waals surface area contributed by atoms with Crippen molar-refractivity contribution in [3.05, 3.63) is 42.1 Å². The van der Waals surface area contributed by atoms with E-state index in [1.54, 1.807) is 31.5 Å². The molecule has 0 saturated heterocycles. The number of aliphatic hydroxyl groups is 1. The standard InChI is InChI=1S/C12H15N3O2/c1-9-6-13-11(14-7-9)15-8-12(2,16)10-4-3-5-17-10/h3-7,16H,8H2,1-2H3,(H,13,14,15). The average molecular weight is 233 g/mol. The summed E-state index contributed by atoms with van der Waals surface area (Å²) in [6, 6.07) is 3.48. The predicted molar refractivity (Wildman–Crippen MR) is 63.5 cm³/mol. The van der Waals surface area contributed by atoms with Gasteiger partial charge in [-0.2, -0.15) is 0 Å². The Bertz CT molecular complexity index is 463. The summed E-state index contributed by atoms with van der Waals surface area (Å²) in [7, 11) is 0. The van der Waals surface area contributed by atoms with Crippen molar-refractivity contribution >= 4 is 5.95 Å². The highest BCUT2D eigenvalue weighted by atomic mass is 16.4. The zero-order chi connectivity index (χ0) is 12.3. The monoisotopic (exact) mass is 233 g/mol. The first-order valence-electron chi connectivity index (χ1n) is 5.37. The number of rotatable bonds is 4. The van der Waals surface area contributed by atoms with E-state index in [1.165, 1.54) is 6.26 Å². The highest BCUT2D eigenvalue weighted by Crippen LogP contribution is 2.20. The molecule has 2 aromatic heterocycles. The van der Waals surface area contributed by atoms with Crippen LogP contribution in [0.2, 0.25) is 0 Å². The summed E-state index contributed by atoms with van der Waals surface area (Å²) in [5, 5.41) is 13.1. The first kappa shape index (κ1) is 11.6. The minimum absolute atomic E-state index is 0.281. The summed E-state index contributed by atoms with van der Waals surface area (Å²) in [5.74, 6) is 1.000. The number of furan rings is 1. The smallest absolute Gasteiger partial charge is 0.222 e. The van der Waals surface area contributed by atoms with E-state index >= 15 is 0 Å². The molecule has 0 bridgehead atoms.